The van der Waals surface area contributed by atoms with E-state index in [-0.39, 0.29) is 23.4 Å². The Labute approximate surface area is 133 Å². The fourth-order valence-corrected chi connectivity index (χ4v) is 2.22. The van der Waals surface area contributed by atoms with Gasteiger partial charge in [-0.15, -0.1) is 0 Å². The lowest BCUT2D eigenvalue weighted by Gasteiger charge is -2.10. The van der Waals surface area contributed by atoms with E-state index in [4.69, 9.17) is 27.9 Å². The zero-order valence-corrected chi connectivity index (χ0v) is 13.1. The van der Waals surface area contributed by atoms with Crippen LogP contribution in [0.5, 0.6) is 5.88 Å². The highest BCUT2D eigenvalue weighted by atomic mass is 35.5. The molecule has 110 valence electrons. The summed E-state index contributed by atoms with van der Waals surface area (Å²) in [5.74, 6) is -0.105. The third-order valence-electron chi connectivity index (χ3n) is 2.77. The number of hydrogen-bond donors (Lipinski definition) is 1. The van der Waals surface area contributed by atoms with E-state index in [1.54, 1.807) is 0 Å². The average molecular weight is 325 g/mol. The molecule has 1 aromatic heterocycles. The SMILES string of the molecule is Cc1ccc(NC(=O)COc2ncc(Cl)cc2Cl)c(C)c1. The maximum Gasteiger partial charge on any atom is 0.262 e. The predicted octanol–water partition coefficient (Wildman–Crippen LogP) is 4.02. The minimum atomic E-state index is -0.283. The second-order valence-electron chi connectivity index (χ2n) is 4.60. The normalized spacial score (nSPS) is 10.3. The number of carbonyl (C=O) groups excluding carboxylic acids is 1. The van der Waals surface area contributed by atoms with Crippen LogP contribution in [0.2, 0.25) is 10.0 Å². The van der Waals surface area contributed by atoms with Crippen LogP contribution >= 0.6 is 23.2 Å². The molecule has 0 aliphatic carbocycles. The lowest BCUT2D eigenvalue weighted by atomic mass is 10.1. The number of carbonyl (C=O) groups is 1. The van der Waals surface area contributed by atoms with Gasteiger partial charge in [-0.05, 0) is 31.5 Å². The Bertz CT molecular complexity index is 675. The molecule has 0 aliphatic rings. The van der Waals surface area contributed by atoms with Crippen LogP contribution in [0.3, 0.4) is 0 Å². The molecule has 0 atom stereocenters. The second-order valence-corrected chi connectivity index (χ2v) is 5.44. The van der Waals surface area contributed by atoms with Gasteiger partial charge >= 0.3 is 0 Å². The molecule has 21 heavy (non-hydrogen) atoms. The van der Waals surface area contributed by atoms with Crippen molar-refractivity contribution in [2.45, 2.75) is 13.8 Å². The molecule has 1 amide bonds. The van der Waals surface area contributed by atoms with E-state index >= 15 is 0 Å². The van der Waals surface area contributed by atoms with Crippen LogP contribution in [0, 0.1) is 13.8 Å². The third kappa shape index (κ3) is 4.34. The summed E-state index contributed by atoms with van der Waals surface area (Å²) < 4.78 is 5.28. The van der Waals surface area contributed by atoms with Crippen molar-refractivity contribution >= 4 is 34.8 Å². The maximum absolute atomic E-state index is 11.9. The van der Waals surface area contributed by atoms with E-state index in [0.29, 0.717) is 5.02 Å². The molecule has 6 heteroatoms. The highest BCUT2D eigenvalue weighted by Crippen LogP contribution is 2.24. The Kier molecular flexibility index (Phi) is 5.04. The fraction of sp³-hybridized carbons (Fsp3) is 0.200. The van der Waals surface area contributed by atoms with E-state index in [1.165, 1.54) is 12.3 Å². The van der Waals surface area contributed by atoms with E-state index in [1.807, 2.05) is 32.0 Å². The summed E-state index contributed by atoms with van der Waals surface area (Å²) in [7, 11) is 0. The van der Waals surface area contributed by atoms with Crippen molar-refractivity contribution in [3.63, 3.8) is 0 Å². The number of ether oxygens (including phenoxy) is 1. The zero-order chi connectivity index (χ0) is 15.4. The number of halogens is 2. The largest absolute Gasteiger partial charge is 0.466 e. The number of nitrogens with zero attached hydrogens (tertiary/aromatic N) is 1. The van der Waals surface area contributed by atoms with Crippen LogP contribution in [0.25, 0.3) is 0 Å². The summed E-state index contributed by atoms with van der Waals surface area (Å²) in [6.07, 6.45) is 1.41. The monoisotopic (exact) mass is 324 g/mol. The van der Waals surface area contributed by atoms with Gasteiger partial charge in [0, 0.05) is 11.9 Å². The number of anilines is 1. The van der Waals surface area contributed by atoms with Crippen LogP contribution in [-0.2, 0) is 4.79 Å². The summed E-state index contributed by atoms with van der Waals surface area (Å²) in [4.78, 5) is 15.8. The minimum Gasteiger partial charge on any atom is -0.466 e. The summed E-state index contributed by atoms with van der Waals surface area (Å²) in [6.45, 7) is 3.75. The molecule has 0 aliphatic heterocycles. The number of rotatable bonds is 4. The summed E-state index contributed by atoms with van der Waals surface area (Å²) in [5.41, 5.74) is 2.88. The first-order valence-electron chi connectivity index (χ1n) is 6.26. The molecule has 1 N–H and O–H groups in total. The van der Waals surface area contributed by atoms with Gasteiger partial charge in [0.25, 0.3) is 5.91 Å². The van der Waals surface area contributed by atoms with Gasteiger partial charge in [0.2, 0.25) is 5.88 Å². The van der Waals surface area contributed by atoms with Crippen LogP contribution in [0.1, 0.15) is 11.1 Å². The van der Waals surface area contributed by atoms with Crippen LogP contribution in [0.15, 0.2) is 30.5 Å². The molecule has 0 bridgehead atoms. The number of benzene rings is 1. The van der Waals surface area contributed by atoms with E-state index < -0.39 is 0 Å². The summed E-state index contributed by atoms with van der Waals surface area (Å²) in [6, 6.07) is 7.29. The van der Waals surface area contributed by atoms with Gasteiger partial charge in [-0.2, -0.15) is 0 Å². The molecular weight excluding hydrogens is 311 g/mol. The van der Waals surface area contributed by atoms with Gasteiger partial charge in [0.1, 0.15) is 5.02 Å². The average Bonchev–Trinajstić information content (AvgIpc) is 2.41. The molecule has 0 unspecified atom stereocenters. The van der Waals surface area contributed by atoms with Gasteiger partial charge in [-0.25, -0.2) is 4.98 Å². The van der Waals surface area contributed by atoms with Crippen LogP contribution < -0.4 is 10.1 Å². The molecule has 2 aromatic rings. The van der Waals surface area contributed by atoms with E-state index in [0.717, 1.165) is 16.8 Å². The molecule has 0 spiro atoms. The van der Waals surface area contributed by atoms with Crippen molar-refractivity contribution in [3.8, 4) is 5.88 Å². The van der Waals surface area contributed by atoms with Crippen LogP contribution in [-0.4, -0.2) is 17.5 Å². The molecule has 4 nitrogen and oxygen atoms in total. The maximum atomic E-state index is 11.9. The molecule has 2 rings (SSSR count). The number of hydrogen-bond acceptors (Lipinski definition) is 3. The van der Waals surface area contributed by atoms with Gasteiger partial charge in [-0.1, -0.05) is 40.9 Å². The molecule has 1 heterocycles. The third-order valence-corrected chi connectivity index (χ3v) is 3.25. The standard InChI is InChI=1S/C15H14Cl2N2O2/c1-9-3-4-13(10(2)5-9)19-14(20)8-21-15-12(17)6-11(16)7-18-15/h3-7H,8H2,1-2H3,(H,19,20). The van der Waals surface area contributed by atoms with Crippen molar-refractivity contribution in [3.05, 3.63) is 51.6 Å². The van der Waals surface area contributed by atoms with Gasteiger partial charge in [0.05, 0.1) is 5.02 Å². The number of nitrogens with one attached hydrogen (secondary N) is 1. The first-order valence-corrected chi connectivity index (χ1v) is 7.02. The van der Waals surface area contributed by atoms with Gasteiger partial charge in [-0.3, -0.25) is 4.79 Å². The summed E-state index contributed by atoms with van der Waals surface area (Å²) >= 11 is 11.6. The lowest BCUT2D eigenvalue weighted by Crippen LogP contribution is -2.21. The minimum absolute atomic E-state index is 0.178. The molecule has 0 saturated carbocycles. The van der Waals surface area contributed by atoms with Gasteiger partial charge < -0.3 is 10.1 Å². The lowest BCUT2D eigenvalue weighted by molar-refractivity contribution is -0.118. The Morgan fingerprint density at radius 1 is 1.29 bits per heavy atom. The summed E-state index contributed by atoms with van der Waals surface area (Å²) in [5, 5.41) is 3.45. The predicted molar refractivity (Wildman–Crippen MR) is 84.3 cm³/mol. The molecule has 0 radical (unpaired) electrons. The van der Waals surface area contributed by atoms with Crippen molar-refractivity contribution in [1.29, 1.82) is 0 Å². The Morgan fingerprint density at radius 3 is 2.71 bits per heavy atom. The molecule has 0 saturated heterocycles. The highest BCUT2D eigenvalue weighted by Gasteiger charge is 2.09. The number of pyridine rings is 1. The molecule has 1 aromatic carbocycles. The smallest absolute Gasteiger partial charge is 0.262 e. The van der Waals surface area contributed by atoms with Gasteiger partial charge in [0.15, 0.2) is 6.61 Å². The van der Waals surface area contributed by atoms with Crippen molar-refractivity contribution in [2.24, 2.45) is 0 Å². The fourth-order valence-electron chi connectivity index (χ4n) is 1.78. The molecule has 0 fully saturated rings. The topological polar surface area (TPSA) is 51.2 Å². The molecular formula is C15H14Cl2N2O2. The first-order chi connectivity index (χ1) is 9.95. The Morgan fingerprint density at radius 2 is 2.05 bits per heavy atom. The van der Waals surface area contributed by atoms with E-state index in [2.05, 4.69) is 10.3 Å². The first kappa shape index (κ1) is 15.6. The highest BCUT2D eigenvalue weighted by molar-refractivity contribution is 6.35. The Balaban J connectivity index is 1.96. The Hall–Kier alpha value is -1.78. The van der Waals surface area contributed by atoms with E-state index in [9.17, 15) is 4.79 Å². The van der Waals surface area contributed by atoms with Crippen molar-refractivity contribution < 1.29 is 9.53 Å². The van der Waals surface area contributed by atoms with Crippen molar-refractivity contribution in [2.75, 3.05) is 11.9 Å². The number of aromatic nitrogens is 1. The van der Waals surface area contributed by atoms with Crippen molar-refractivity contribution in [1.82, 2.24) is 4.98 Å². The number of aryl methyl sites for hydroxylation is 2. The van der Waals surface area contributed by atoms with Crippen LogP contribution in [0.4, 0.5) is 5.69 Å². The number of amides is 1. The second kappa shape index (κ2) is 6.78. The zero-order valence-electron chi connectivity index (χ0n) is 11.6. The quantitative estimate of drug-likeness (QED) is 0.923.